The van der Waals surface area contributed by atoms with Crippen molar-refractivity contribution in [3.63, 3.8) is 0 Å². The van der Waals surface area contributed by atoms with Gasteiger partial charge in [0.2, 0.25) is 0 Å². The highest BCUT2D eigenvalue weighted by Crippen LogP contribution is 2.25. The van der Waals surface area contributed by atoms with Gasteiger partial charge in [-0.3, -0.25) is 4.79 Å². The number of amides is 1. The minimum atomic E-state index is -0.483. The first-order valence-corrected chi connectivity index (χ1v) is 8.17. The second-order valence-electron chi connectivity index (χ2n) is 6.00. The zero-order valence-corrected chi connectivity index (χ0v) is 14.1. The van der Waals surface area contributed by atoms with Gasteiger partial charge in [-0.1, -0.05) is 42.5 Å². The Hall–Kier alpha value is -3.60. The van der Waals surface area contributed by atoms with Crippen molar-refractivity contribution in [2.45, 2.75) is 6.92 Å². The normalized spacial score (nSPS) is 11.8. The number of hydrogen-bond donors (Lipinski definition) is 2. The lowest BCUT2D eigenvalue weighted by Crippen LogP contribution is -2.19. The molecule has 0 aliphatic rings. The maximum Gasteiger partial charge on any atom is 0.275 e. The molecule has 2 N–H and O–H groups in total. The summed E-state index contributed by atoms with van der Waals surface area (Å²) in [7, 11) is 0. The molecule has 4 rings (SSSR count). The number of hydrazone groups is 1. The number of furan rings is 1. The number of hydrogen-bond acceptors (Lipinski definition) is 4. The molecule has 0 spiro atoms. The highest BCUT2D eigenvalue weighted by Gasteiger charge is 2.13. The topological polar surface area (TPSA) is 74.8 Å². The molecule has 0 aliphatic carbocycles. The summed E-state index contributed by atoms with van der Waals surface area (Å²) in [6.45, 7) is 1.75. The molecular weight excluding hydrogens is 328 g/mol. The fourth-order valence-electron chi connectivity index (χ4n) is 2.82. The van der Waals surface area contributed by atoms with E-state index in [1.54, 1.807) is 19.1 Å². The first kappa shape index (κ1) is 15.9. The van der Waals surface area contributed by atoms with E-state index < -0.39 is 5.91 Å². The molecule has 3 aromatic carbocycles. The van der Waals surface area contributed by atoms with Gasteiger partial charge in [0.15, 0.2) is 5.76 Å². The van der Waals surface area contributed by atoms with Gasteiger partial charge in [0.1, 0.15) is 17.0 Å². The first-order chi connectivity index (χ1) is 12.6. The van der Waals surface area contributed by atoms with Crippen molar-refractivity contribution in [1.29, 1.82) is 0 Å². The number of nitrogens with zero attached hydrogens (tertiary/aromatic N) is 1. The Labute approximate surface area is 149 Å². The number of carbonyl (C=O) groups excluding carboxylic acids is 1. The summed E-state index contributed by atoms with van der Waals surface area (Å²) >= 11 is 0. The maximum absolute atomic E-state index is 12.4. The van der Waals surface area contributed by atoms with Crippen LogP contribution < -0.4 is 5.43 Å². The van der Waals surface area contributed by atoms with E-state index in [1.165, 1.54) is 0 Å². The smallest absolute Gasteiger partial charge is 0.275 e. The quantitative estimate of drug-likeness (QED) is 0.426. The van der Waals surface area contributed by atoms with Crippen LogP contribution in [0.4, 0.5) is 0 Å². The summed E-state index contributed by atoms with van der Waals surface area (Å²) in [5.74, 6) is 0.00994. The van der Waals surface area contributed by atoms with Crippen molar-refractivity contribution in [2.75, 3.05) is 0 Å². The molecule has 4 aromatic rings. The number of nitrogens with one attached hydrogen (secondary N) is 1. The standard InChI is InChI=1S/C21H16N2O3/c1-13(20-12-16-8-4-5-9-19(16)26-20)22-23-21(25)17-10-14-6-2-3-7-15(14)11-18(17)24/h2-12,24H,1H3,(H,23,25)/b22-13+. The van der Waals surface area contributed by atoms with Crippen LogP contribution in [-0.2, 0) is 0 Å². The van der Waals surface area contributed by atoms with E-state index in [2.05, 4.69) is 10.5 Å². The van der Waals surface area contributed by atoms with Crippen molar-refractivity contribution in [2.24, 2.45) is 5.10 Å². The van der Waals surface area contributed by atoms with Crippen molar-refractivity contribution < 1.29 is 14.3 Å². The van der Waals surface area contributed by atoms with Crippen molar-refractivity contribution in [3.05, 3.63) is 78.1 Å². The fourth-order valence-corrected chi connectivity index (χ4v) is 2.82. The Morgan fingerprint density at radius 1 is 0.962 bits per heavy atom. The number of fused-ring (bicyclic) bond motifs is 2. The molecule has 0 fully saturated rings. The molecule has 0 bridgehead atoms. The Bertz CT molecular complexity index is 1130. The lowest BCUT2D eigenvalue weighted by Gasteiger charge is -2.06. The number of rotatable bonds is 3. The zero-order valence-electron chi connectivity index (χ0n) is 14.1. The van der Waals surface area contributed by atoms with E-state index in [9.17, 15) is 9.90 Å². The third-order valence-corrected chi connectivity index (χ3v) is 4.22. The zero-order chi connectivity index (χ0) is 18.1. The summed E-state index contributed by atoms with van der Waals surface area (Å²) in [4.78, 5) is 12.4. The number of phenols is 1. The minimum absolute atomic E-state index is 0.0854. The average Bonchev–Trinajstić information content (AvgIpc) is 3.09. The Morgan fingerprint density at radius 2 is 1.62 bits per heavy atom. The van der Waals surface area contributed by atoms with Gasteiger partial charge in [-0.25, -0.2) is 5.43 Å². The Morgan fingerprint density at radius 3 is 2.35 bits per heavy atom. The van der Waals surface area contributed by atoms with E-state index in [1.807, 2.05) is 54.6 Å². The van der Waals surface area contributed by atoms with Crippen LogP contribution in [0.5, 0.6) is 5.75 Å². The van der Waals surface area contributed by atoms with Gasteiger partial charge in [-0.05, 0) is 42.0 Å². The van der Waals surface area contributed by atoms with E-state index in [-0.39, 0.29) is 11.3 Å². The number of phenolic OH excluding ortho intramolecular Hbond substituents is 1. The van der Waals surface area contributed by atoms with E-state index in [4.69, 9.17) is 4.42 Å². The van der Waals surface area contributed by atoms with Gasteiger partial charge in [0, 0.05) is 5.39 Å². The fraction of sp³-hybridized carbons (Fsp3) is 0.0476. The van der Waals surface area contributed by atoms with Gasteiger partial charge in [-0.15, -0.1) is 0 Å². The molecule has 5 heteroatoms. The Kier molecular flexibility index (Phi) is 3.89. The second kappa shape index (κ2) is 6.37. The summed E-state index contributed by atoms with van der Waals surface area (Å²) in [5, 5.41) is 16.9. The largest absolute Gasteiger partial charge is 0.507 e. The average molecular weight is 344 g/mol. The third-order valence-electron chi connectivity index (χ3n) is 4.22. The third kappa shape index (κ3) is 2.91. The van der Waals surface area contributed by atoms with Gasteiger partial charge >= 0.3 is 0 Å². The molecule has 0 atom stereocenters. The van der Waals surface area contributed by atoms with Crippen LogP contribution in [0.2, 0.25) is 0 Å². The van der Waals surface area contributed by atoms with Gasteiger partial charge in [0.25, 0.3) is 5.91 Å². The van der Waals surface area contributed by atoms with Crippen LogP contribution in [-0.4, -0.2) is 16.7 Å². The monoisotopic (exact) mass is 344 g/mol. The van der Waals surface area contributed by atoms with E-state index in [0.29, 0.717) is 11.5 Å². The minimum Gasteiger partial charge on any atom is -0.507 e. The molecule has 0 saturated heterocycles. The van der Waals surface area contributed by atoms with Gasteiger partial charge in [-0.2, -0.15) is 5.10 Å². The van der Waals surface area contributed by atoms with Crippen LogP contribution in [0.15, 0.2) is 76.2 Å². The molecule has 128 valence electrons. The van der Waals surface area contributed by atoms with Crippen LogP contribution in [0, 0.1) is 0 Å². The van der Waals surface area contributed by atoms with Crippen LogP contribution >= 0.6 is 0 Å². The molecule has 1 heterocycles. The number of aromatic hydroxyl groups is 1. The number of benzene rings is 3. The molecule has 0 unspecified atom stereocenters. The molecule has 1 aromatic heterocycles. The molecule has 0 radical (unpaired) electrons. The van der Waals surface area contributed by atoms with Crippen LogP contribution in [0.25, 0.3) is 21.7 Å². The predicted molar refractivity (Wildman–Crippen MR) is 102 cm³/mol. The highest BCUT2D eigenvalue weighted by molar-refractivity contribution is 6.04. The van der Waals surface area contributed by atoms with Crippen molar-refractivity contribution >= 4 is 33.4 Å². The highest BCUT2D eigenvalue weighted by atomic mass is 16.3. The Balaban J connectivity index is 1.59. The SMILES string of the molecule is C/C(=N\NC(=O)c1cc2ccccc2cc1O)c1cc2ccccc2o1. The summed E-state index contributed by atoms with van der Waals surface area (Å²) in [6, 6.07) is 20.2. The second-order valence-corrected chi connectivity index (χ2v) is 6.00. The number of para-hydroxylation sites is 1. The van der Waals surface area contributed by atoms with Crippen molar-refractivity contribution in [3.8, 4) is 5.75 Å². The molecule has 0 saturated carbocycles. The lowest BCUT2D eigenvalue weighted by molar-refractivity contribution is 0.0952. The summed E-state index contributed by atoms with van der Waals surface area (Å²) in [5.41, 5.74) is 3.94. The molecule has 0 aliphatic heterocycles. The van der Waals surface area contributed by atoms with Crippen molar-refractivity contribution in [1.82, 2.24) is 5.43 Å². The number of carbonyl (C=O) groups is 1. The van der Waals surface area contributed by atoms with Crippen LogP contribution in [0.3, 0.4) is 0 Å². The van der Waals surface area contributed by atoms with Gasteiger partial charge in [0.05, 0.1) is 5.56 Å². The predicted octanol–water partition coefficient (Wildman–Crippen LogP) is 4.45. The van der Waals surface area contributed by atoms with E-state index >= 15 is 0 Å². The lowest BCUT2D eigenvalue weighted by atomic mass is 10.1. The molecule has 5 nitrogen and oxygen atoms in total. The summed E-state index contributed by atoms with van der Waals surface area (Å²) < 4.78 is 5.72. The van der Waals surface area contributed by atoms with Crippen LogP contribution in [0.1, 0.15) is 23.0 Å². The molecule has 1 amide bonds. The summed E-state index contributed by atoms with van der Waals surface area (Å²) in [6.07, 6.45) is 0. The molecule has 26 heavy (non-hydrogen) atoms. The molecular formula is C21H16N2O3. The first-order valence-electron chi connectivity index (χ1n) is 8.17. The maximum atomic E-state index is 12.4. The van der Waals surface area contributed by atoms with E-state index in [0.717, 1.165) is 21.7 Å². The van der Waals surface area contributed by atoms with Gasteiger partial charge < -0.3 is 9.52 Å².